The highest BCUT2D eigenvalue weighted by Gasteiger charge is 2.57. The number of hydrogen-bond donors (Lipinski definition) is 2. The van der Waals surface area contributed by atoms with Gasteiger partial charge in [0.05, 0.1) is 0 Å². The Hall–Kier alpha value is -1.35. The Kier molecular flexibility index (Phi) is 4.50. The molecule has 2 aliphatic rings. The summed E-state index contributed by atoms with van der Waals surface area (Å²) in [5.41, 5.74) is 3.87. The minimum atomic E-state index is 0.213. The molecule has 1 aromatic rings. The highest BCUT2D eigenvalue weighted by atomic mass is 16.2. The van der Waals surface area contributed by atoms with Gasteiger partial charge in [0.1, 0.15) is 0 Å². The van der Waals surface area contributed by atoms with Crippen LogP contribution in [0, 0.1) is 11.3 Å². The molecule has 2 N–H and O–H groups in total. The van der Waals surface area contributed by atoms with Crippen LogP contribution in [0.25, 0.3) is 0 Å². The molecule has 1 saturated heterocycles. The first kappa shape index (κ1) is 16.5. The molecule has 1 unspecified atom stereocenters. The average molecular weight is 314 g/mol. The lowest BCUT2D eigenvalue weighted by molar-refractivity contribution is -0.118. The number of para-hydroxylation sites is 1. The first-order valence-corrected chi connectivity index (χ1v) is 9.09. The van der Waals surface area contributed by atoms with Gasteiger partial charge in [-0.05, 0) is 60.7 Å². The molecular formula is C20H30N2O. The van der Waals surface area contributed by atoms with Gasteiger partial charge in [-0.2, -0.15) is 0 Å². The number of piperidine rings is 1. The first-order valence-electron chi connectivity index (χ1n) is 9.09. The van der Waals surface area contributed by atoms with Crippen molar-refractivity contribution in [3.8, 4) is 0 Å². The maximum atomic E-state index is 12.9. The Labute approximate surface area is 140 Å². The van der Waals surface area contributed by atoms with Crippen molar-refractivity contribution in [2.75, 3.05) is 18.4 Å². The first-order chi connectivity index (χ1) is 10.9. The van der Waals surface area contributed by atoms with Crippen LogP contribution >= 0.6 is 0 Å². The summed E-state index contributed by atoms with van der Waals surface area (Å²) in [6.45, 7) is 10.9. The van der Waals surface area contributed by atoms with E-state index in [0.717, 1.165) is 38.0 Å². The van der Waals surface area contributed by atoms with E-state index in [9.17, 15) is 4.79 Å². The topological polar surface area (TPSA) is 41.1 Å². The van der Waals surface area contributed by atoms with Gasteiger partial charge in [0.2, 0.25) is 5.91 Å². The molecule has 1 saturated carbocycles. The van der Waals surface area contributed by atoms with Gasteiger partial charge in [0.15, 0.2) is 0 Å². The fourth-order valence-corrected chi connectivity index (χ4v) is 4.10. The molecule has 1 spiro atoms. The molecule has 1 heterocycles. The van der Waals surface area contributed by atoms with Crippen LogP contribution in [-0.2, 0) is 4.79 Å². The summed E-state index contributed by atoms with van der Waals surface area (Å²) in [6.07, 6.45) is 3.36. The summed E-state index contributed by atoms with van der Waals surface area (Å²) in [7, 11) is 0. The summed E-state index contributed by atoms with van der Waals surface area (Å²) in [5.74, 6) is 1.28. The fourth-order valence-electron chi connectivity index (χ4n) is 4.10. The molecule has 2 fully saturated rings. The smallest absolute Gasteiger partial charge is 0.228 e. The lowest BCUT2D eigenvalue weighted by Gasteiger charge is -2.24. The van der Waals surface area contributed by atoms with Gasteiger partial charge in [-0.1, -0.05) is 45.9 Å². The molecule has 1 amide bonds. The van der Waals surface area contributed by atoms with E-state index in [1.165, 1.54) is 11.1 Å². The monoisotopic (exact) mass is 314 g/mol. The number of nitrogens with one attached hydrogen (secondary N) is 2. The molecule has 3 rings (SSSR count). The Morgan fingerprint density at radius 2 is 1.70 bits per heavy atom. The molecule has 1 atom stereocenters. The highest BCUT2D eigenvalue weighted by Crippen LogP contribution is 2.59. The number of carbonyl (C=O) groups is 1. The number of benzene rings is 1. The zero-order chi connectivity index (χ0) is 16.6. The van der Waals surface area contributed by atoms with Gasteiger partial charge >= 0.3 is 0 Å². The van der Waals surface area contributed by atoms with E-state index < -0.39 is 0 Å². The lowest BCUT2D eigenvalue weighted by atomic mass is 9.90. The molecule has 126 valence electrons. The van der Waals surface area contributed by atoms with Gasteiger partial charge in [-0.15, -0.1) is 0 Å². The van der Waals surface area contributed by atoms with Crippen molar-refractivity contribution in [1.82, 2.24) is 5.32 Å². The van der Waals surface area contributed by atoms with Crippen molar-refractivity contribution in [3.63, 3.8) is 0 Å². The molecule has 23 heavy (non-hydrogen) atoms. The molecule has 0 aromatic heterocycles. The maximum Gasteiger partial charge on any atom is 0.228 e. The fraction of sp³-hybridized carbons (Fsp3) is 0.650. The third-order valence-corrected chi connectivity index (χ3v) is 5.73. The predicted molar refractivity (Wildman–Crippen MR) is 95.9 cm³/mol. The van der Waals surface area contributed by atoms with Crippen molar-refractivity contribution in [1.29, 1.82) is 0 Å². The summed E-state index contributed by atoms with van der Waals surface area (Å²) < 4.78 is 0. The second-order valence-electron chi connectivity index (χ2n) is 7.98. The quantitative estimate of drug-likeness (QED) is 0.872. The van der Waals surface area contributed by atoms with E-state index in [-0.39, 0.29) is 11.8 Å². The molecule has 1 aromatic carbocycles. The number of anilines is 1. The Morgan fingerprint density at radius 3 is 2.22 bits per heavy atom. The second-order valence-corrected chi connectivity index (χ2v) is 7.98. The number of rotatable bonds is 4. The van der Waals surface area contributed by atoms with Crippen LogP contribution in [0.3, 0.4) is 0 Å². The lowest BCUT2D eigenvalue weighted by Crippen LogP contribution is -2.31. The van der Waals surface area contributed by atoms with Crippen LogP contribution in [0.1, 0.15) is 69.9 Å². The van der Waals surface area contributed by atoms with E-state index in [1.54, 1.807) is 0 Å². The third-order valence-electron chi connectivity index (χ3n) is 5.73. The standard InChI is InChI=1S/C20H30N2O/c1-13(2)15-6-5-7-16(14(3)4)18(15)22-19(23)17-12-20(17)8-10-21-11-9-20/h5-7,13-14,17,21H,8-12H2,1-4H3,(H,22,23). The highest BCUT2D eigenvalue weighted by molar-refractivity contribution is 5.96. The normalized spacial score (nSPS) is 22.6. The molecule has 1 aliphatic heterocycles. The molecule has 3 heteroatoms. The molecule has 0 radical (unpaired) electrons. The Bertz CT molecular complexity index is 559. The summed E-state index contributed by atoms with van der Waals surface area (Å²) in [4.78, 5) is 12.9. The molecule has 1 aliphatic carbocycles. The minimum absolute atomic E-state index is 0.213. The summed E-state index contributed by atoms with van der Waals surface area (Å²) in [6, 6.07) is 6.42. The summed E-state index contributed by atoms with van der Waals surface area (Å²) in [5, 5.41) is 6.72. The van der Waals surface area contributed by atoms with Crippen LogP contribution in [0.5, 0.6) is 0 Å². The van der Waals surface area contributed by atoms with Crippen molar-refractivity contribution >= 4 is 11.6 Å². The van der Waals surface area contributed by atoms with Crippen molar-refractivity contribution < 1.29 is 4.79 Å². The number of carbonyl (C=O) groups excluding carboxylic acids is 1. The van der Waals surface area contributed by atoms with E-state index >= 15 is 0 Å². The van der Waals surface area contributed by atoms with Crippen LogP contribution in [0.4, 0.5) is 5.69 Å². The van der Waals surface area contributed by atoms with Crippen molar-refractivity contribution in [2.24, 2.45) is 11.3 Å². The van der Waals surface area contributed by atoms with Gasteiger partial charge in [-0.3, -0.25) is 4.79 Å². The Balaban J connectivity index is 1.81. The zero-order valence-corrected chi connectivity index (χ0v) is 14.9. The summed E-state index contributed by atoms with van der Waals surface area (Å²) >= 11 is 0. The molecule has 0 bridgehead atoms. The van der Waals surface area contributed by atoms with Crippen LogP contribution in [0.15, 0.2) is 18.2 Å². The molecular weight excluding hydrogens is 284 g/mol. The Morgan fingerprint density at radius 1 is 1.13 bits per heavy atom. The zero-order valence-electron chi connectivity index (χ0n) is 14.9. The number of amides is 1. The van der Waals surface area contributed by atoms with Crippen LogP contribution in [-0.4, -0.2) is 19.0 Å². The van der Waals surface area contributed by atoms with E-state index in [2.05, 4.69) is 56.5 Å². The van der Waals surface area contributed by atoms with E-state index in [4.69, 9.17) is 0 Å². The minimum Gasteiger partial charge on any atom is -0.325 e. The maximum absolute atomic E-state index is 12.9. The van der Waals surface area contributed by atoms with Gasteiger partial charge in [0.25, 0.3) is 0 Å². The molecule has 3 nitrogen and oxygen atoms in total. The van der Waals surface area contributed by atoms with Crippen molar-refractivity contribution in [2.45, 2.75) is 58.8 Å². The number of hydrogen-bond acceptors (Lipinski definition) is 2. The van der Waals surface area contributed by atoms with Crippen molar-refractivity contribution in [3.05, 3.63) is 29.3 Å². The van der Waals surface area contributed by atoms with Gasteiger partial charge in [-0.25, -0.2) is 0 Å². The predicted octanol–water partition coefficient (Wildman–Crippen LogP) is 4.26. The third kappa shape index (κ3) is 3.16. The van der Waals surface area contributed by atoms with E-state index in [0.29, 0.717) is 17.3 Å². The van der Waals surface area contributed by atoms with E-state index in [1.807, 2.05) is 0 Å². The van der Waals surface area contributed by atoms with Gasteiger partial charge < -0.3 is 10.6 Å². The van der Waals surface area contributed by atoms with Crippen LogP contribution < -0.4 is 10.6 Å². The average Bonchev–Trinajstić information content (AvgIpc) is 3.21. The largest absolute Gasteiger partial charge is 0.325 e. The SMILES string of the molecule is CC(C)c1cccc(C(C)C)c1NC(=O)C1CC12CCNCC2. The van der Waals surface area contributed by atoms with Gasteiger partial charge in [0, 0.05) is 11.6 Å². The van der Waals surface area contributed by atoms with Crippen LogP contribution in [0.2, 0.25) is 0 Å². The second kappa shape index (κ2) is 6.27.